The molecule has 0 aliphatic rings. The van der Waals surface area contributed by atoms with Gasteiger partial charge in [-0.3, -0.25) is 0 Å². The second-order valence-corrected chi connectivity index (χ2v) is 5.90. The molecule has 1 heterocycles. The topological polar surface area (TPSA) is 110 Å². The summed E-state index contributed by atoms with van der Waals surface area (Å²) in [6.07, 6.45) is 0. The fourth-order valence-electron chi connectivity index (χ4n) is 2.19. The van der Waals surface area contributed by atoms with E-state index in [9.17, 15) is 0 Å². The second-order valence-electron chi connectivity index (χ2n) is 5.90. The van der Waals surface area contributed by atoms with Gasteiger partial charge in [0.15, 0.2) is 0 Å². The maximum atomic E-state index is 9.02. The zero-order valence-corrected chi connectivity index (χ0v) is 14.7. The van der Waals surface area contributed by atoms with Gasteiger partial charge in [0.1, 0.15) is 0 Å². The maximum absolute atomic E-state index is 9.02. The molecule has 132 valence electrons. The van der Waals surface area contributed by atoms with E-state index in [4.69, 9.17) is 10.4 Å². The Labute approximate surface area is 147 Å². The summed E-state index contributed by atoms with van der Waals surface area (Å²) in [6.45, 7) is 4.91. The van der Waals surface area contributed by atoms with Crippen molar-refractivity contribution in [2.24, 2.45) is 0 Å². The molecule has 2 rings (SSSR count). The number of aliphatic hydroxyl groups is 1. The molecule has 0 spiro atoms. The van der Waals surface area contributed by atoms with Crippen molar-refractivity contribution in [2.45, 2.75) is 26.4 Å². The van der Waals surface area contributed by atoms with Crippen molar-refractivity contribution >= 4 is 17.8 Å². The molecule has 2 aromatic rings. The molecule has 0 bridgehead atoms. The van der Waals surface area contributed by atoms with E-state index in [0.29, 0.717) is 36.5 Å². The number of hydrogen-bond donors (Lipinski definition) is 3. The van der Waals surface area contributed by atoms with Gasteiger partial charge in [0.05, 0.1) is 18.2 Å². The molecule has 0 atom stereocenters. The number of aliphatic hydroxyl groups excluding tert-OH is 1. The van der Waals surface area contributed by atoms with E-state index >= 15 is 0 Å². The third kappa shape index (κ3) is 5.58. The molecule has 0 aliphatic carbocycles. The summed E-state index contributed by atoms with van der Waals surface area (Å²) in [7, 11) is 1.88. The van der Waals surface area contributed by atoms with Crippen molar-refractivity contribution in [1.82, 2.24) is 15.0 Å². The van der Waals surface area contributed by atoms with Gasteiger partial charge in [-0.05, 0) is 31.5 Å². The first-order chi connectivity index (χ1) is 12.0. The summed E-state index contributed by atoms with van der Waals surface area (Å²) in [5.41, 5.74) is 1.61. The highest BCUT2D eigenvalue weighted by molar-refractivity contribution is 5.44. The van der Waals surface area contributed by atoms with Crippen molar-refractivity contribution < 1.29 is 5.11 Å². The van der Waals surface area contributed by atoms with E-state index in [-0.39, 0.29) is 12.6 Å². The Hall–Kier alpha value is -2.92. The molecule has 8 nitrogen and oxygen atoms in total. The predicted octanol–water partition coefficient (Wildman–Crippen LogP) is 1.60. The monoisotopic (exact) mass is 341 g/mol. The molecular formula is C17H23N7O. The number of hydrogen-bond acceptors (Lipinski definition) is 8. The molecule has 0 amide bonds. The molecule has 0 fully saturated rings. The van der Waals surface area contributed by atoms with Crippen LogP contribution in [0.2, 0.25) is 0 Å². The lowest BCUT2D eigenvalue weighted by atomic mass is 10.1. The van der Waals surface area contributed by atoms with Crippen LogP contribution in [0.5, 0.6) is 0 Å². The molecule has 0 aliphatic heterocycles. The summed E-state index contributed by atoms with van der Waals surface area (Å²) in [5, 5.41) is 24.1. The maximum Gasteiger partial charge on any atom is 0.231 e. The average Bonchev–Trinajstić information content (AvgIpc) is 2.59. The van der Waals surface area contributed by atoms with Crippen LogP contribution >= 0.6 is 0 Å². The van der Waals surface area contributed by atoms with Gasteiger partial charge in [-0.25, -0.2) is 0 Å². The molecule has 0 saturated carbocycles. The zero-order valence-electron chi connectivity index (χ0n) is 14.7. The van der Waals surface area contributed by atoms with Gasteiger partial charge < -0.3 is 20.6 Å². The first-order valence-corrected chi connectivity index (χ1v) is 8.09. The van der Waals surface area contributed by atoms with Crippen LogP contribution < -0.4 is 15.5 Å². The van der Waals surface area contributed by atoms with Gasteiger partial charge >= 0.3 is 0 Å². The first kappa shape index (κ1) is 18.4. The van der Waals surface area contributed by atoms with Gasteiger partial charge in [-0.2, -0.15) is 20.2 Å². The van der Waals surface area contributed by atoms with Crippen LogP contribution in [0.25, 0.3) is 0 Å². The van der Waals surface area contributed by atoms with Crippen molar-refractivity contribution in [1.29, 1.82) is 5.26 Å². The number of nitriles is 1. The SMILES string of the molecule is CC(C)Nc1nc(NCCO)nc(N(C)Cc2cccc(C#N)c2)n1. The highest BCUT2D eigenvalue weighted by Crippen LogP contribution is 2.16. The molecule has 0 saturated heterocycles. The lowest BCUT2D eigenvalue weighted by Gasteiger charge is -2.19. The van der Waals surface area contributed by atoms with E-state index in [0.717, 1.165) is 5.56 Å². The van der Waals surface area contributed by atoms with Crippen molar-refractivity contribution in [3.05, 3.63) is 35.4 Å². The van der Waals surface area contributed by atoms with Crippen LogP contribution in [-0.2, 0) is 6.54 Å². The Bertz CT molecular complexity index is 742. The van der Waals surface area contributed by atoms with Crippen LogP contribution in [0, 0.1) is 11.3 Å². The Morgan fingerprint density at radius 1 is 1.24 bits per heavy atom. The molecule has 8 heteroatoms. The Balaban J connectivity index is 2.23. The van der Waals surface area contributed by atoms with Gasteiger partial charge in [0, 0.05) is 26.2 Å². The minimum atomic E-state index is -0.00918. The Morgan fingerprint density at radius 2 is 2.00 bits per heavy atom. The van der Waals surface area contributed by atoms with Crippen LogP contribution in [0.3, 0.4) is 0 Å². The fraction of sp³-hybridized carbons (Fsp3) is 0.412. The normalized spacial score (nSPS) is 10.4. The predicted molar refractivity (Wildman–Crippen MR) is 97.4 cm³/mol. The minimum Gasteiger partial charge on any atom is -0.395 e. The number of aromatic nitrogens is 3. The lowest BCUT2D eigenvalue weighted by Crippen LogP contribution is -2.23. The van der Waals surface area contributed by atoms with Gasteiger partial charge in [0.2, 0.25) is 17.8 Å². The highest BCUT2D eigenvalue weighted by atomic mass is 16.3. The number of anilines is 3. The summed E-state index contributed by atoms with van der Waals surface area (Å²) in [6, 6.07) is 9.75. The van der Waals surface area contributed by atoms with Gasteiger partial charge in [0.25, 0.3) is 0 Å². The third-order valence-electron chi connectivity index (χ3n) is 3.25. The lowest BCUT2D eigenvalue weighted by molar-refractivity contribution is 0.311. The summed E-state index contributed by atoms with van der Waals surface area (Å²) in [4.78, 5) is 15.0. The largest absolute Gasteiger partial charge is 0.395 e. The fourth-order valence-corrected chi connectivity index (χ4v) is 2.19. The molecule has 0 unspecified atom stereocenters. The number of rotatable bonds is 8. The summed E-state index contributed by atoms with van der Waals surface area (Å²) < 4.78 is 0. The molecule has 1 aromatic heterocycles. The average molecular weight is 341 g/mol. The van der Waals surface area contributed by atoms with Crippen molar-refractivity contribution in [2.75, 3.05) is 35.7 Å². The number of benzene rings is 1. The zero-order chi connectivity index (χ0) is 18.2. The first-order valence-electron chi connectivity index (χ1n) is 8.09. The Kier molecular flexibility index (Phi) is 6.48. The minimum absolute atomic E-state index is 0.00918. The van der Waals surface area contributed by atoms with Gasteiger partial charge in [-0.15, -0.1) is 0 Å². The van der Waals surface area contributed by atoms with Crippen LogP contribution in [0.15, 0.2) is 24.3 Å². The van der Waals surface area contributed by atoms with E-state index < -0.39 is 0 Å². The summed E-state index contributed by atoms with van der Waals surface area (Å²) in [5.74, 6) is 1.37. The summed E-state index contributed by atoms with van der Waals surface area (Å²) >= 11 is 0. The highest BCUT2D eigenvalue weighted by Gasteiger charge is 2.12. The quantitative estimate of drug-likeness (QED) is 0.664. The van der Waals surface area contributed by atoms with E-state index in [2.05, 4.69) is 31.7 Å². The van der Waals surface area contributed by atoms with E-state index in [1.165, 1.54) is 0 Å². The Morgan fingerprint density at radius 3 is 2.68 bits per heavy atom. The van der Waals surface area contributed by atoms with Crippen molar-refractivity contribution in [3.8, 4) is 6.07 Å². The molecule has 3 N–H and O–H groups in total. The molecule has 25 heavy (non-hydrogen) atoms. The van der Waals surface area contributed by atoms with Crippen LogP contribution in [0.4, 0.5) is 17.8 Å². The van der Waals surface area contributed by atoms with Crippen LogP contribution in [0.1, 0.15) is 25.0 Å². The van der Waals surface area contributed by atoms with Crippen LogP contribution in [-0.4, -0.2) is 46.3 Å². The standard InChI is InChI=1S/C17H23N7O/c1-12(2)20-16-21-15(19-7-8-25)22-17(23-16)24(3)11-14-6-4-5-13(9-14)10-18/h4-6,9,12,25H,7-8,11H2,1-3H3,(H2,19,20,21,22,23). The molecule has 1 aromatic carbocycles. The third-order valence-corrected chi connectivity index (χ3v) is 3.25. The number of nitrogens with zero attached hydrogens (tertiary/aromatic N) is 5. The molecular weight excluding hydrogens is 318 g/mol. The van der Waals surface area contributed by atoms with Crippen molar-refractivity contribution in [3.63, 3.8) is 0 Å². The molecule has 0 radical (unpaired) electrons. The number of nitrogens with one attached hydrogen (secondary N) is 2. The van der Waals surface area contributed by atoms with E-state index in [1.807, 2.05) is 44.0 Å². The second kappa shape index (κ2) is 8.80. The smallest absolute Gasteiger partial charge is 0.231 e. The van der Waals surface area contributed by atoms with E-state index in [1.54, 1.807) is 6.07 Å². The van der Waals surface area contributed by atoms with Gasteiger partial charge in [-0.1, -0.05) is 12.1 Å².